The van der Waals surface area contributed by atoms with Crippen molar-refractivity contribution in [1.82, 2.24) is 0 Å². The summed E-state index contributed by atoms with van der Waals surface area (Å²) in [6.45, 7) is -0.277. The van der Waals surface area contributed by atoms with Crippen LogP contribution in [0.5, 0.6) is 5.75 Å². The Kier molecular flexibility index (Phi) is 3.25. The van der Waals surface area contributed by atoms with Crippen LogP contribution in [0.2, 0.25) is 0 Å². The van der Waals surface area contributed by atoms with Gasteiger partial charge in [-0.05, 0) is 23.8 Å². The fourth-order valence-electron chi connectivity index (χ4n) is 1.00. The van der Waals surface area contributed by atoms with Gasteiger partial charge in [-0.25, -0.2) is 4.79 Å². The van der Waals surface area contributed by atoms with Gasteiger partial charge in [0.05, 0.1) is 6.61 Å². The maximum absolute atomic E-state index is 10.2. The molecule has 0 heterocycles. The number of benzene rings is 1. The Hall–Kier alpha value is -1.81. The molecule has 4 nitrogen and oxygen atoms in total. The molecule has 0 bridgehead atoms. The molecule has 0 aliphatic heterocycles. The maximum atomic E-state index is 10.2. The molecule has 0 unspecified atom stereocenters. The van der Waals surface area contributed by atoms with E-state index in [4.69, 9.17) is 10.2 Å². The fourth-order valence-corrected chi connectivity index (χ4v) is 1.00. The second-order valence-electron chi connectivity index (χ2n) is 2.72. The van der Waals surface area contributed by atoms with E-state index in [1.54, 1.807) is 6.07 Å². The van der Waals surface area contributed by atoms with Crippen LogP contribution in [0.15, 0.2) is 24.3 Å². The molecule has 1 rings (SSSR count). The number of aliphatic hydroxyl groups excluding tert-OH is 1. The van der Waals surface area contributed by atoms with Crippen molar-refractivity contribution in [2.24, 2.45) is 0 Å². The number of phenols is 1. The van der Waals surface area contributed by atoms with Crippen molar-refractivity contribution in [2.75, 3.05) is 0 Å². The average molecular weight is 194 g/mol. The molecule has 0 saturated carbocycles. The normalized spacial score (nSPS) is 10.6. The van der Waals surface area contributed by atoms with E-state index in [1.807, 2.05) is 0 Å². The van der Waals surface area contributed by atoms with Crippen molar-refractivity contribution in [3.05, 3.63) is 35.4 Å². The zero-order chi connectivity index (χ0) is 10.6. The van der Waals surface area contributed by atoms with Gasteiger partial charge < -0.3 is 15.3 Å². The summed E-state index contributed by atoms with van der Waals surface area (Å²) >= 11 is 0. The average Bonchev–Trinajstić information content (AvgIpc) is 2.16. The summed E-state index contributed by atoms with van der Waals surface area (Å²) < 4.78 is 0. The first-order valence-corrected chi connectivity index (χ1v) is 3.97. The van der Waals surface area contributed by atoms with Crippen molar-refractivity contribution < 1.29 is 20.1 Å². The number of carboxylic acid groups (broad SMARTS) is 1. The fraction of sp³-hybridized carbons (Fsp3) is 0.100. The summed E-state index contributed by atoms with van der Waals surface area (Å²) in [6.07, 6.45) is 2.38. The predicted octanol–water partition coefficient (Wildman–Crippen LogP) is 0.982. The smallest absolute Gasteiger partial charge is 0.328 e. The molecule has 0 radical (unpaired) electrons. The van der Waals surface area contributed by atoms with Gasteiger partial charge in [0.1, 0.15) is 5.75 Å². The Balaban J connectivity index is 2.95. The lowest BCUT2D eigenvalue weighted by molar-refractivity contribution is -0.131. The Morgan fingerprint density at radius 1 is 1.43 bits per heavy atom. The molecule has 0 spiro atoms. The highest BCUT2D eigenvalue weighted by Crippen LogP contribution is 2.18. The summed E-state index contributed by atoms with van der Waals surface area (Å²) in [6, 6.07) is 4.50. The zero-order valence-corrected chi connectivity index (χ0v) is 7.34. The van der Waals surface area contributed by atoms with Gasteiger partial charge in [-0.15, -0.1) is 0 Å². The minimum atomic E-state index is -1.04. The number of carbonyl (C=O) groups is 1. The van der Waals surface area contributed by atoms with E-state index in [9.17, 15) is 9.90 Å². The topological polar surface area (TPSA) is 77.8 Å². The number of aliphatic hydroxyl groups is 1. The predicted molar refractivity (Wildman–Crippen MR) is 50.7 cm³/mol. The lowest BCUT2D eigenvalue weighted by Gasteiger charge is -2.01. The van der Waals surface area contributed by atoms with Gasteiger partial charge in [0.2, 0.25) is 0 Å². The van der Waals surface area contributed by atoms with Gasteiger partial charge >= 0.3 is 5.97 Å². The molecule has 0 saturated heterocycles. The van der Waals surface area contributed by atoms with Gasteiger partial charge in [-0.1, -0.05) is 6.07 Å². The first kappa shape index (κ1) is 10.3. The van der Waals surface area contributed by atoms with Crippen molar-refractivity contribution in [3.8, 4) is 5.75 Å². The summed E-state index contributed by atoms with van der Waals surface area (Å²) in [5.41, 5.74) is 0.992. The van der Waals surface area contributed by atoms with Gasteiger partial charge in [0.25, 0.3) is 0 Å². The maximum Gasteiger partial charge on any atom is 0.328 e. The standard InChI is InChI=1S/C10H10O4/c11-6-8-5-7(1-3-9(8)12)2-4-10(13)14/h1-5,11-12H,6H2,(H,13,14)/b4-2-. The second-order valence-corrected chi connectivity index (χ2v) is 2.72. The first-order valence-electron chi connectivity index (χ1n) is 3.97. The number of rotatable bonds is 3. The van der Waals surface area contributed by atoms with Gasteiger partial charge in [0.15, 0.2) is 0 Å². The number of aliphatic carboxylic acids is 1. The highest BCUT2D eigenvalue weighted by molar-refractivity contribution is 5.85. The molecule has 4 heteroatoms. The van der Waals surface area contributed by atoms with Crippen LogP contribution in [0.3, 0.4) is 0 Å². The zero-order valence-electron chi connectivity index (χ0n) is 7.34. The molecule has 0 atom stereocenters. The van der Waals surface area contributed by atoms with Crippen LogP contribution in [-0.2, 0) is 11.4 Å². The Morgan fingerprint density at radius 3 is 2.71 bits per heavy atom. The molecular formula is C10H10O4. The van der Waals surface area contributed by atoms with Crippen molar-refractivity contribution >= 4 is 12.0 Å². The summed E-state index contributed by atoms with van der Waals surface area (Å²) in [5.74, 6) is -1.04. The highest BCUT2D eigenvalue weighted by Gasteiger charge is 1.99. The third-order valence-electron chi connectivity index (χ3n) is 1.69. The van der Waals surface area contributed by atoms with Crippen LogP contribution >= 0.6 is 0 Å². The van der Waals surface area contributed by atoms with Crippen LogP contribution in [0, 0.1) is 0 Å². The van der Waals surface area contributed by atoms with Gasteiger partial charge in [-0.2, -0.15) is 0 Å². The van der Waals surface area contributed by atoms with Crippen molar-refractivity contribution in [2.45, 2.75) is 6.61 Å². The van der Waals surface area contributed by atoms with Crippen LogP contribution in [0.1, 0.15) is 11.1 Å². The molecule has 0 amide bonds. The molecule has 3 N–H and O–H groups in total. The highest BCUT2D eigenvalue weighted by atomic mass is 16.4. The SMILES string of the molecule is O=C(O)/C=C\c1ccc(O)c(CO)c1. The Morgan fingerprint density at radius 2 is 2.14 bits per heavy atom. The first-order chi connectivity index (χ1) is 6.63. The van der Waals surface area contributed by atoms with Crippen molar-refractivity contribution in [1.29, 1.82) is 0 Å². The van der Waals surface area contributed by atoms with Crippen LogP contribution in [0.25, 0.3) is 6.08 Å². The van der Waals surface area contributed by atoms with Crippen LogP contribution < -0.4 is 0 Å². The lowest BCUT2D eigenvalue weighted by Crippen LogP contribution is -1.88. The third-order valence-corrected chi connectivity index (χ3v) is 1.69. The molecule has 0 aliphatic carbocycles. The van der Waals surface area contributed by atoms with E-state index in [1.165, 1.54) is 18.2 Å². The van der Waals surface area contributed by atoms with Gasteiger partial charge in [-0.3, -0.25) is 0 Å². The van der Waals surface area contributed by atoms with E-state index in [-0.39, 0.29) is 12.4 Å². The molecular weight excluding hydrogens is 184 g/mol. The molecule has 0 aliphatic rings. The van der Waals surface area contributed by atoms with E-state index >= 15 is 0 Å². The van der Waals surface area contributed by atoms with E-state index in [2.05, 4.69) is 0 Å². The van der Waals surface area contributed by atoms with E-state index in [0.717, 1.165) is 6.08 Å². The lowest BCUT2D eigenvalue weighted by atomic mass is 10.1. The molecule has 1 aromatic carbocycles. The Bertz CT molecular complexity index is 368. The van der Waals surface area contributed by atoms with E-state index in [0.29, 0.717) is 11.1 Å². The second kappa shape index (κ2) is 4.43. The van der Waals surface area contributed by atoms with Crippen LogP contribution in [0.4, 0.5) is 0 Å². The summed E-state index contributed by atoms with van der Waals surface area (Å²) in [5, 5.41) is 26.4. The number of carboxylic acids is 1. The molecule has 74 valence electrons. The van der Waals surface area contributed by atoms with Crippen molar-refractivity contribution in [3.63, 3.8) is 0 Å². The minimum absolute atomic E-state index is 0.0000231. The quantitative estimate of drug-likeness (QED) is 0.627. The molecule has 0 aromatic heterocycles. The third kappa shape index (κ3) is 2.60. The summed E-state index contributed by atoms with van der Waals surface area (Å²) in [7, 11) is 0. The summed E-state index contributed by atoms with van der Waals surface area (Å²) in [4.78, 5) is 10.2. The Labute approximate surface area is 80.7 Å². The minimum Gasteiger partial charge on any atom is -0.508 e. The largest absolute Gasteiger partial charge is 0.508 e. The molecule has 14 heavy (non-hydrogen) atoms. The monoisotopic (exact) mass is 194 g/mol. The number of aromatic hydroxyl groups is 1. The number of hydrogen-bond acceptors (Lipinski definition) is 3. The number of hydrogen-bond donors (Lipinski definition) is 3. The van der Waals surface area contributed by atoms with E-state index < -0.39 is 5.97 Å². The van der Waals surface area contributed by atoms with Crippen LogP contribution in [-0.4, -0.2) is 21.3 Å². The molecule has 1 aromatic rings. The molecule has 0 fully saturated rings. The van der Waals surface area contributed by atoms with Gasteiger partial charge in [0, 0.05) is 11.6 Å².